The van der Waals surface area contributed by atoms with Crippen LogP contribution in [0.15, 0.2) is 71.3 Å². The Kier molecular flexibility index (Phi) is 7.11. The number of hydrogen-bond donors (Lipinski definition) is 4. The molecule has 0 atom stereocenters. The lowest BCUT2D eigenvalue weighted by Gasteiger charge is -2.29. The first-order chi connectivity index (χ1) is 16.0. The van der Waals surface area contributed by atoms with Gasteiger partial charge in [-0.05, 0) is 52.3 Å². The van der Waals surface area contributed by atoms with Crippen LogP contribution in [0.2, 0.25) is 0 Å². The molecule has 1 saturated heterocycles. The molecule has 3 aromatic rings. The van der Waals surface area contributed by atoms with E-state index in [2.05, 4.69) is 36.9 Å². The van der Waals surface area contributed by atoms with E-state index in [1.54, 1.807) is 66.9 Å². The molecule has 0 bridgehead atoms. The number of piperazine rings is 1. The summed E-state index contributed by atoms with van der Waals surface area (Å²) in [5.41, 5.74) is 1.93. The molecule has 0 unspecified atom stereocenters. The second-order valence-electron chi connectivity index (χ2n) is 7.48. The minimum atomic E-state index is -0.375. The van der Waals surface area contributed by atoms with Gasteiger partial charge in [0.15, 0.2) is 0 Å². The maximum atomic E-state index is 12.8. The van der Waals surface area contributed by atoms with Gasteiger partial charge < -0.3 is 20.9 Å². The number of amides is 2. The molecule has 1 aliphatic heterocycles. The number of nitrogens with zero attached hydrogens (tertiary/aromatic N) is 2. The van der Waals surface area contributed by atoms with Crippen molar-refractivity contribution in [1.82, 2.24) is 15.2 Å². The van der Waals surface area contributed by atoms with E-state index in [0.29, 0.717) is 28.5 Å². The number of carbonyl (C=O) groups excluding carboxylic acids is 2. The summed E-state index contributed by atoms with van der Waals surface area (Å²) >= 11 is 3.31. The molecule has 2 amide bonds. The number of halogens is 1. The van der Waals surface area contributed by atoms with Crippen LogP contribution >= 0.6 is 15.9 Å². The van der Waals surface area contributed by atoms with Gasteiger partial charge in [-0.15, -0.1) is 0 Å². The predicted octanol–water partition coefficient (Wildman–Crippen LogP) is 3.58. The largest absolute Gasteiger partial charge is 0.354 e. The summed E-state index contributed by atoms with van der Waals surface area (Å²) in [7, 11) is 0. The molecule has 0 aliphatic carbocycles. The lowest BCUT2D eigenvalue weighted by atomic mass is 10.1. The maximum absolute atomic E-state index is 12.8. The van der Waals surface area contributed by atoms with E-state index in [9.17, 15) is 9.59 Å². The van der Waals surface area contributed by atoms with Gasteiger partial charge in [0.25, 0.3) is 11.8 Å². The molecule has 0 spiro atoms. The Labute approximate surface area is 200 Å². The molecule has 1 aromatic heterocycles. The summed E-state index contributed by atoms with van der Waals surface area (Å²) in [6, 6.07) is 17.2. The number of carbonyl (C=O) groups is 2. The van der Waals surface area contributed by atoms with Crippen LogP contribution in [-0.2, 0) is 0 Å². The van der Waals surface area contributed by atoms with Gasteiger partial charge in [-0.3, -0.25) is 15.0 Å². The third-order valence-electron chi connectivity index (χ3n) is 5.24. The fourth-order valence-corrected chi connectivity index (χ4v) is 3.70. The summed E-state index contributed by atoms with van der Waals surface area (Å²) in [5, 5.41) is 17.2. The molecule has 1 aliphatic rings. The first-order valence-corrected chi connectivity index (χ1v) is 11.3. The average Bonchev–Trinajstić information content (AvgIpc) is 2.86. The number of nitrogens with one attached hydrogen (secondary N) is 4. The Morgan fingerprint density at radius 1 is 0.909 bits per heavy atom. The number of pyridine rings is 1. The zero-order chi connectivity index (χ0) is 23.2. The Balaban J connectivity index is 1.44. The average molecular weight is 507 g/mol. The third-order valence-corrected chi connectivity index (χ3v) is 5.71. The molecule has 8 nitrogen and oxygen atoms in total. The van der Waals surface area contributed by atoms with Crippen molar-refractivity contribution < 1.29 is 9.59 Å². The summed E-state index contributed by atoms with van der Waals surface area (Å²) < 4.78 is 0.808. The van der Waals surface area contributed by atoms with Crippen molar-refractivity contribution >= 4 is 45.1 Å². The molecule has 2 heterocycles. The molecular weight excluding hydrogens is 484 g/mol. The molecule has 4 N–H and O–H groups in total. The zero-order valence-corrected chi connectivity index (χ0v) is 19.4. The van der Waals surface area contributed by atoms with Gasteiger partial charge in [0.1, 0.15) is 11.7 Å². The highest BCUT2D eigenvalue weighted by molar-refractivity contribution is 9.10. The van der Waals surface area contributed by atoms with Crippen molar-refractivity contribution in [3.05, 3.63) is 88.0 Å². The minimum Gasteiger partial charge on any atom is -0.354 e. The van der Waals surface area contributed by atoms with E-state index in [1.807, 2.05) is 4.90 Å². The highest BCUT2D eigenvalue weighted by Gasteiger charge is 2.17. The van der Waals surface area contributed by atoms with Crippen molar-refractivity contribution in [2.24, 2.45) is 0 Å². The quantitative estimate of drug-likeness (QED) is 0.312. The lowest BCUT2D eigenvalue weighted by Crippen LogP contribution is -2.46. The molecule has 4 rings (SSSR count). The first-order valence-electron chi connectivity index (χ1n) is 10.5. The summed E-state index contributed by atoms with van der Waals surface area (Å²) in [6.07, 6.45) is 1.59. The molecule has 0 saturated carbocycles. The highest BCUT2D eigenvalue weighted by Crippen LogP contribution is 2.19. The fraction of sp³-hybridized carbons (Fsp3) is 0.167. The SMILES string of the molecule is N=C(c1ccc(C(=O)Nc2ccccc2C(=O)Nc2ccc(Br)cn2)cc1)N1CCNCC1. The molecule has 9 heteroatoms. The molecule has 168 valence electrons. The Bertz CT molecular complexity index is 1160. The maximum Gasteiger partial charge on any atom is 0.258 e. The van der Waals surface area contributed by atoms with Gasteiger partial charge in [0.2, 0.25) is 0 Å². The molecule has 33 heavy (non-hydrogen) atoms. The third kappa shape index (κ3) is 5.63. The number of aromatic nitrogens is 1. The van der Waals surface area contributed by atoms with Crippen LogP contribution in [-0.4, -0.2) is 53.7 Å². The number of benzene rings is 2. The number of anilines is 2. The fourth-order valence-electron chi connectivity index (χ4n) is 3.47. The van der Waals surface area contributed by atoms with Gasteiger partial charge in [0, 0.05) is 48.0 Å². The van der Waals surface area contributed by atoms with Crippen LogP contribution < -0.4 is 16.0 Å². The Hall–Kier alpha value is -3.56. The minimum absolute atomic E-state index is 0.327. The molecule has 1 fully saturated rings. The van der Waals surface area contributed by atoms with Crippen LogP contribution in [0.4, 0.5) is 11.5 Å². The van der Waals surface area contributed by atoms with Gasteiger partial charge in [-0.25, -0.2) is 4.98 Å². The van der Waals surface area contributed by atoms with E-state index in [4.69, 9.17) is 5.41 Å². The highest BCUT2D eigenvalue weighted by atomic mass is 79.9. The van der Waals surface area contributed by atoms with Crippen LogP contribution in [0.3, 0.4) is 0 Å². The lowest BCUT2D eigenvalue weighted by molar-refractivity contribution is 0.102. The number of amidine groups is 1. The van der Waals surface area contributed by atoms with Gasteiger partial charge in [-0.1, -0.05) is 24.3 Å². The van der Waals surface area contributed by atoms with Crippen molar-refractivity contribution in [3.63, 3.8) is 0 Å². The topological polar surface area (TPSA) is 110 Å². The standard InChI is InChI=1S/C24H23BrN6O2/c25-18-9-10-21(28-15-18)30-24(33)19-3-1-2-4-20(19)29-23(32)17-7-5-16(6-8-17)22(26)31-13-11-27-12-14-31/h1-10,15,26-27H,11-14H2,(H,29,32)(H,28,30,33). The van der Waals surface area contributed by atoms with E-state index in [0.717, 1.165) is 36.2 Å². The van der Waals surface area contributed by atoms with E-state index in [-0.39, 0.29) is 11.8 Å². The second-order valence-corrected chi connectivity index (χ2v) is 8.39. The van der Waals surface area contributed by atoms with Crippen LogP contribution in [0.1, 0.15) is 26.3 Å². The Morgan fingerprint density at radius 3 is 2.30 bits per heavy atom. The van der Waals surface area contributed by atoms with Crippen LogP contribution in [0, 0.1) is 5.41 Å². The molecular formula is C24H23BrN6O2. The second kappa shape index (κ2) is 10.4. The van der Waals surface area contributed by atoms with Crippen molar-refractivity contribution in [2.45, 2.75) is 0 Å². The summed E-state index contributed by atoms with van der Waals surface area (Å²) in [6.45, 7) is 3.28. The molecule has 2 aromatic carbocycles. The smallest absolute Gasteiger partial charge is 0.258 e. The van der Waals surface area contributed by atoms with Gasteiger partial charge in [0.05, 0.1) is 11.3 Å². The summed E-state index contributed by atoms with van der Waals surface area (Å²) in [5.74, 6) is 0.150. The predicted molar refractivity (Wildman–Crippen MR) is 132 cm³/mol. The van der Waals surface area contributed by atoms with Gasteiger partial charge in [-0.2, -0.15) is 0 Å². The van der Waals surface area contributed by atoms with Crippen LogP contribution in [0.5, 0.6) is 0 Å². The van der Waals surface area contributed by atoms with Crippen molar-refractivity contribution in [2.75, 3.05) is 36.8 Å². The van der Waals surface area contributed by atoms with Gasteiger partial charge >= 0.3 is 0 Å². The van der Waals surface area contributed by atoms with Crippen molar-refractivity contribution in [1.29, 1.82) is 5.41 Å². The van der Waals surface area contributed by atoms with E-state index < -0.39 is 0 Å². The number of para-hydroxylation sites is 1. The molecule has 0 radical (unpaired) electrons. The Morgan fingerprint density at radius 2 is 1.61 bits per heavy atom. The number of hydrogen-bond acceptors (Lipinski definition) is 5. The van der Waals surface area contributed by atoms with Crippen LogP contribution in [0.25, 0.3) is 0 Å². The number of rotatable bonds is 5. The normalized spacial score (nSPS) is 13.3. The first kappa shape index (κ1) is 22.6. The monoisotopic (exact) mass is 506 g/mol. The van der Waals surface area contributed by atoms with E-state index in [1.165, 1.54) is 0 Å². The van der Waals surface area contributed by atoms with Crippen molar-refractivity contribution in [3.8, 4) is 0 Å². The summed E-state index contributed by atoms with van der Waals surface area (Å²) in [4.78, 5) is 31.8. The zero-order valence-electron chi connectivity index (χ0n) is 17.8. The van der Waals surface area contributed by atoms with E-state index >= 15 is 0 Å².